The first kappa shape index (κ1) is 18.8. The van der Waals surface area contributed by atoms with Crippen molar-refractivity contribution in [3.05, 3.63) is 84.4 Å². The Morgan fingerprint density at radius 1 is 0.733 bits per heavy atom. The van der Waals surface area contributed by atoms with Gasteiger partial charge < -0.3 is 13.5 Å². The average Bonchev–Trinajstić information content (AvgIpc) is 3.26. The molecule has 0 aliphatic carbocycles. The molecule has 0 atom stereocenters. The molecule has 6 heteroatoms. The van der Waals surface area contributed by atoms with Gasteiger partial charge in [-0.3, -0.25) is 0 Å². The molecule has 0 aliphatic heterocycles. The quantitative estimate of drug-likeness (QED) is 0.265. The van der Waals surface area contributed by atoms with Gasteiger partial charge in [-0.2, -0.15) is 0 Å². The molecule has 0 amide bonds. The zero-order chi connectivity index (χ0) is 19.5. The van der Waals surface area contributed by atoms with Crippen molar-refractivity contribution in [1.82, 2.24) is 18.8 Å². The van der Waals surface area contributed by atoms with Crippen LogP contribution in [0.5, 0.6) is 11.8 Å². The van der Waals surface area contributed by atoms with Crippen LogP contribution in [0.25, 0.3) is 32.8 Å². The molecule has 0 aliphatic rings. The topological polar surface area (TPSA) is 43.8 Å². The molecule has 0 radical (unpaired) electrons. The van der Waals surface area contributed by atoms with Gasteiger partial charge in [-0.05, 0) is 26.2 Å². The van der Waals surface area contributed by atoms with Gasteiger partial charge in [0.2, 0.25) is 11.8 Å². The van der Waals surface area contributed by atoms with E-state index in [0.29, 0.717) is 11.8 Å². The number of aromatic nitrogens is 4. The second kappa shape index (κ2) is 6.96. The standard InChI is InChI=1S/C24H16N4O.Pt/c1-15-23(25-21-19-9-5-3-7-17(19)11-13-27(15)21)29-24-16(2)28-14-12-18-8-4-6-10-20(18)22(28)26-24;/h3-8,11-14H,1-2H3;/q-2;+2. The Kier molecular flexibility index (Phi) is 4.37. The van der Waals surface area contributed by atoms with E-state index in [-0.39, 0.29) is 21.1 Å². The van der Waals surface area contributed by atoms with Crippen molar-refractivity contribution in [2.45, 2.75) is 13.8 Å². The van der Waals surface area contributed by atoms with Crippen LogP contribution in [0, 0.1) is 26.0 Å². The van der Waals surface area contributed by atoms with E-state index in [1.165, 1.54) is 0 Å². The third-order valence-electron chi connectivity index (χ3n) is 5.44. The summed E-state index contributed by atoms with van der Waals surface area (Å²) in [5.41, 5.74) is 3.51. The number of benzene rings is 2. The van der Waals surface area contributed by atoms with Crippen LogP contribution in [0.3, 0.4) is 0 Å². The molecule has 4 aromatic heterocycles. The molecule has 6 rings (SSSR count). The summed E-state index contributed by atoms with van der Waals surface area (Å²) in [6.45, 7) is 4.00. The van der Waals surface area contributed by atoms with E-state index < -0.39 is 0 Å². The molecule has 0 bridgehead atoms. The maximum absolute atomic E-state index is 6.22. The molecule has 0 N–H and O–H groups in total. The molecule has 30 heavy (non-hydrogen) atoms. The van der Waals surface area contributed by atoms with Crippen LogP contribution in [0.15, 0.2) is 60.9 Å². The molecule has 0 spiro atoms. The van der Waals surface area contributed by atoms with Gasteiger partial charge in [-0.15, -0.1) is 70.1 Å². The number of pyridine rings is 2. The fourth-order valence-corrected chi connectivity index (χ4v) is 3.86. The van der Waals surface area contributed by atoms with E-state index in [4.69, 9.17) is 14.7 Å². The fraction of sp³-hybridized carbons (Fsp3) is 0.0833. The Balaban J connectivity index is 0.00000193. The van der Waals surface area contributed by atoms with Crippen molar-refractivity contribution in [3.8, 4) is 11.8 Å². The Labute approximate surface area is 187 Å². The van der Waals surface area contributed by atoms with Crippen molar-refractivity contribution in [1.29, 1.82) is 0 Å². The maximum Gasteiger partial charge on any atom is 2.00 e. The van der Waals surface area contributed by atoms with Crippen LogP contribution in [-0.2, 0) is 21.1 Å². The number of hydrogen-bond donors (Lipinski definition) is 0. The van der Waals surface area contributed by atoms with E-state index in [2.05, 4.69) is 36.4 Å². The first-order valence-electron chi connectivity index (χ1n) is 9.45. The van der Waals surface area contributed by atoms with E-state index >= 15 is 0 Å². The Bertz CT molecular complexity index is 1450. The number of imidazole rings is 2. The Morgan fingerprint density at radius 3 is 1.67 bits per heavy atom. The largest absolute Gasteiger partial charge is 2.00 e. The predicted molar refractivity (Wildman–Crippen MR) is 113 cm³/mol. The Morgan fingerprint density at radius 2 is 1.20 bits per heavy atom. The summed E-state index contributed by atoms with van der Waals surface area (Å²) in [7, 11) is 0. The molecule has 6 aromatic rings. The maximum atomic E-state index is 6.22. The van der Waals surface area contributed by atoms with Gasteiger partial charge in [0, 0.05) is 0 Å². The number of aryl methyl sites for hydroxylation is 2. The predicted octanol–water partition coefficient (Wildman–Crippen LogP) is 5.30. The Hall–Kier alpha value is -3.17. The van der Waals surface area contributed by atoms with Crippen LogP contribution in [0.2, 0.25) is 0 Å². The number of hydrogen-bond acceptors (Lipinski definition) is 3. The SMILES string of the molecule is Cc1c(Oc2nc3c4[c-]cccc4ccn3c2C)nc2c3[c-]cccc3ccn12.[Pt+2]. The first-order valence-corrected chi connectivity index (χ1v) is 9.45. The summed E-state index contributed by atoms with van der Waals surface area (Å²) < 4.78 is 10.3. The molecule has 148 valence electrons. The zero-order valence-electron chi connectivity index (χ0n) is 16.3. The van der Waals surface area contributed by atoms with E-state index in [1.807, 2.05) is 59.3 Å². The van der Waals surface area contributed by atoms with E-state index in [1.54, 1.807) is 0 Å². The van der Waals surface area contributed by atoms with Crippen LogP contribution in [0.1, 0.15) is 11.4 Å². The molecule has 0 saturated carbocycles. The summed E-state index contributed by atoms with van der Waals surface area (Å²) in [6, 6.07) is 22.6. The smallest absolute Gasteiger partial charge is 0.418 e. The van der Waals surface area contributed by atoms with Crippen molar-refractivity contribution >= 4 is 32.8 Å². The van der Waals surface area contributed by atoms with Crippen LogP contribution in [-0.4, -0.2) is 18.8 Å². The summed E-state index contributed by atoms with van der Waals surface area (Å²) in [6.07, 6.45) is 4.03. The molecular weight excluding hydrogens is 555 g/mol. The second-order valence-electron chi connectivity index (χ2n) is 7.13. The molecular formula is C24H16N4OPt. The number of rotatable bonds is 2. The molecule has 2 aromatic carbocycles. The molecule has 0 fully saturated rings. The van der Waals surface area contributed by atoms with Crippen molar-refractivity contribution in [2.75, 3.05) is 0 Å². The number of fused-ring (bicyclic) bond motifs is 6. The summed E-state index contributed by atoms with van der Waals surface area (Å²) in [4.78, 5) is 9.52. The number of ether oxygens (including phenoxy) is 1. The second-order valence-corrected chi connectivity index (χ2v) is 7.13. The van der Waals surface area contributed by atoms with Crippen molar-refractivity contribution in [3.63, 3.8) is 0 Å². The minimum atomic E-state index is 0. The molecule has 4 heterocycles. The van der Waals surface area contributed by atoms with Gasteiger partial charge in [0.25, 0.3) is 0 Å². The third-order valence-corrected chi connectivity index (χ3v) is 5.44. The van der Waals surface area contributed by atoms with Gasteiger partial charge in [0.15, 0.2) is 0 Å². The molecule has 0 saturated heterocycles. The average molecular weight is 571 g/mol. The third kappa shape index (κ3) is 2.66. The van der Waals surface area contributed by atoms with Crippen LogP contribution in [0.4, 0.5) is 0 Å². The van der Waals surface area contributed by atoms with Crippen LogP contribution < -0.4 is 4.74 Å². The van der Waals surface area contributed by atoms with E-state index in [9.17, 15) is 0 Å². The normalized spacial score (nSPS) is 11.4. The summed E-state index contributed by atoms with van der Waals surface area (Å²) in [5, 5.41) is 4.14. The van der Waals surface area contributed by atoms with Crippen molar-refractivity contribution in [2.24, 2.45) is 0 Å². The number of nitrogens with zero attached hydrogens (tertiary/aromatic N) is 4. The minimum absolute atomic E-state index is 0. The summed E-state index contributed by atoms with van der Waals surface area (Å²) >= 11 is 0. The van der Waals surface area contributed by atoms with Gasteiger partial charge >= 0.3 is 21.1 Å². The fourth-order valence-electron chi connectivity index (χ4n) is 3.86. The first-order chi connectivity index (χ1) is 14.2. The van der Waals surface area contributed by atoms with Crippen molar-refractivity contribution < 1.29 is 25.8 Å². The zero-order valence-corrected chi connectivity index (χ0v) is 18.6. The molecule has 5 nitrogen and oxygen atoms in total. The minimum Gasteiger partial charge on any atom is -0.418 e. The van der Waals surface area contributed by atoms with Crippen LogP contribution >= 0.6 is 0 Å². The molecule has 0 unspecified atom stereocenters. The van der Waals surface area contributed by atoms with Gasteiger partial charge in [-0.1, -0.05) is 12.1 Å². The van der Waals surface area contributed by atoms with E-state index in [0.717, 1.165) is 44.2 Å². The van der Waals surface area contributed by atoms with Gasteiger partial charge in [0.1, 0.15) is 0 Å². The van der Waals surface area contributed by atoms with Gasteiger partial charge in [0.05, 0.1) is 22.7 Å². The monoisotopic (exact) mass is 571 g/mol. The summed E-state index contributed by atoms with van der Waals surface area (Å²) in [5.74, 6) is 1.10. The van der Waals surface area contributed by atoms with Gasteiger partial charge in [-0.25, -0.2) is 9.97 Å².